The van der Waals surface area contributed by atoms with Crippen LogP contribution in [0, 0.1) is 5.92 Å². The highest BCUT2D eigenvalue weighted by Gasteiger charge is 2.34. The van der Waals surface area contributed by atoms with Crippen LogP contribution in [0.4, 0.5) is 0 Å². The maximum atomic E-state index is 12.1. The Bertz CT molecular complexity index is 704. The van der Waals surface area contributed by atoms with Crippen molar-refractivity contribution in [2.45, 2.75) is 23.2 Å². The summed E-state index contributed by atoms with van der Waals surface area (Å²) in [5.41, 5.74) is 0.769. The molecule has 1 N–H and O–H groups in total. The molecule has 2 aromatic heterocycles. The number of nitrogens with zero attached hydrogens (tertiary/aromatic N) is 3. The first kappa shape index (κ1) is 15.1. The Morgan fingerprint density at radius 2 is 2.30 bits per heavy atom. The van der Waals surface area contributed by atoms with Crippen LogP contribution in [-0.4, -0.2) is 46.5 Å². The third-order valence-corrected chi connectivity index (χ3v) is 6.43. The zero-order valence-corrected chi connectivity index (χ0v) is 14.3. The van der Waals surface area contributed by atoms with E-state index in [9.17, 15) is 4.79 Å². The summed E-state index contributed by atoms with van der Waals surface area (Å²) in [5, 5.41) is 4.97. The fourth-order valence-electron chi connectivity index (χ4n) is 3.31. The van der Waals surface area contributed by atoms with Gasteiger partial charge in [-0.05, 0) is 49.4 Å². The predicted octanol–water partition coefficient (Wildman–Crippen LogP) is 2.51. The fraction of sp³-hybridized carbons (Fsp3) is 0.438. The monoisotopic (exact) mass is 346 g/mol. The molecule has 5 rings (SSSR count). The molecule has 2 bridgehead atoms. The number of carbonyl (C=O) groups excluding carboxylic acids is 1. The molecular weight excluding hydrogens is 328 g/mol. The summed E-state index contributed by atoms with van der Waals surface area (Å²) in [6, 6.07) is 4.23. The number of hydrogen-bond acceptors (Lipinski definition) is 6. The van der Waals surface area contributed by atoms with Gasteiger partial charge in [-0.2, -0.15) is 0 Å². The molecule has 1 amide bonds. The highest BCUT2D eigenvalue weighted by atomic mass is 32.2. The lowest BCUT2D eigenvalue weighted by molar-refractivity contribution is -0.118. The molecule has 23 heavy (non-hydrogen) atoms. The van der Waals surface area contributed by atoms with Gasteiger partial charge < -0.3 is 10.2 Å². The van der Waals surface area contributed by atoms with E-state index in [0.29, 0.717) is 12.0 Å². The largest absolute Gasteiger partial charge is 0.348 e. The van der Waals surface area contributed by atoms with E-state index in [2.05, 4.69) is 20.2 Å². The zero-order valence-electron chi connectivity index (χ0n) is 12.6. The Balaban J connectivity index is 1.32. The average Bonchev–Trinajstić information content (AvgIpc) is 2.98. The van der Waals surface area contributed by atoms with Gasteiger partial charge in [0.25, 0.3) is 0 Å². The van der Waals surface area contributed by atoms with Crippen LogP contribution in [0.2, 0.25) is 0 Å². The van der Waals surface area contributed by atoms with Crippen LogP contribution in [-0.2, 0) is 4.79 Å². The topological polar surface area (TPSA) is 58.1 Å². The first-order valence-corrected chi connectivity index (χ1v) is 9.55. The maximum Gasteiger partial charge on any atom is 0.244 e. The summed E-state index contributed by atoms with van der Waals surface area (Å²) in [6.07, 6.45) is 5.78. The molecule has 3 fully saturated rings. The van der Waals surface area contributed by atoms with E-state index < -0.39 is 0 Å². The van der Waals surface area contributed by atoms with Gasteiger partial charge in [0.15, 0.2) is 9.99 Å². The minimum Gasteiger partial charge on any atom is -0.348 e. The summed E-state index contributed by atoms with van der Waals surface area (Å²) >= 11 is 3.06. The average molecular weight is 346 g/mol. The third-order valence-electron chi connectivity index (χ3n) is 4.52. The molecule has 0 radical (unpaired) electrons. The lowest BCUT2D eigenvalue weighted by Crippen LogP contribution is -2.57. The van der Waals surface area contributed by atoms with E-state index in [-0.39, 0.29) is 5.91 Å². The van der Waals surface area contributed by atoms with Crippen molar-refractivity contribution in [1.82, 2.24) is 20.2 Å². The Morgan fingerprint density at radius 3 is 3.04 bits per heavy atom. The number of nitrogens with one attached hydrogen (secondary N) is 1. The van der Waals surface area contributed by atoms with Crippen LogP contribution in [0.3, 0.4) is 0 Å². The first-order valence-electron chi connectivity index (χ1n) is 7.85. The normalized spacial score (nSPS) is 26.9. The minimum atomic E-state index is -0.00418. The molecule has 0 spiro atoms. The Labute approximate surface area is 143 Å². The fourth-order valence-corrected chi connectivity index (χ4v) is 5.05. The predicted molar refractivity (Wildman–Crippen MR) is 93.5 cm³/mol. The van der Waals surface area contributed by atoms with Crippen molar-refractivity contribution in [3.8, 4) is 0 Å². The van der Waals surface area contributed by atoms with Gasteiger partial charge in [0.1, 0.15) is 0 Å². The van der Waals surface area contributed by atoms with Crippen molar-refractivity contribution in [3.05, 3.63) is 29.8 Å². The van der Waals surface area contributed by atoms with Crippen LogP contribution >= 0.6 is 23.1 Å². The molecule has 1 atom stereocenters. The second kappa shape index (κ2) is 6.59. The summed E-state index contributed by atoms with van der Waals surface area (Å²) in [5.74, 6) is 0.649. The lowest BCUT2D eigenvalue weighted by Gasteiger charge is -2.44. The SMILES string of the molecule is O=C(/C=C\Sc1nc2ncccc2s1)NC1CN2CCC1CC2. The van der Waals surface area contributed by atoms with E-state index in [1.165, 1.54) is 37.7 Å². The van der Waals surface area contributed by atoms with E-state index >= 15 is 0 Å². The number of fused-ring (bicyclic) bond motifs is 4. The van der Waals surface area contributed by atoms with Crippen LogP contribution < -0.4 is 5.32 Å². The molecule has 0 aliphatic carbocycles. The van der Waals surface area contributed by atoms with E-state index in [0.717, 1.165) is 21.2 Å². The third kappa shape index (κ3) is 3.41. The van der Waals surface area contributed by atoms with E-state index in [1.807, 2.05) is 17.5 Å². The second-order valence-electron chi connectivity index (χ2n) is 5.98. The van der Waals surface area contributed by atoms with Crippen molar-refractivity contribution in [2.75, 3.05) is 19.6 Å². The Hall–Kier alpha value is -1.44. The number of aromatic nitrogens is 2. The highest BCUT2D eigenvalue weighted by Crippen LogP contribution is 2.29. The summed E-state index contributed by atoms with van der Waals surface area (Å²) in [4.78, 5) is 23.2. The van der Waals surface area contributed by atoms with Gasteiger partial charge in [-0.15, -0.1) is 11.3 Å². The molecule has 3 saturated heterocycles. The van der Waals surface area contributed by atoms with Crippen molar-refractivity contribution >= 4 is 39.4 Å². The molecule has 5 nitrogen and oxygen atoms in total. The molecule has 5 heterocycles. The number of thioether (sulfide) groups is 1. The van der Waals surface area contributed by atoms with Crippen molar-refractivity contribution in [2.24, 2.45) is 5.92 Å². The van der Waals surface area contributed by atoms with Crippen molar-refractivity contribution in [1.29, 1.82) is 0 Å². The van der Waals surface area contributed by atoms with Gasteiger partial charge in [-0.25, -0.2) is 9.97 Å². The van der Waals surface area contributed by atoms with E-state index in [1.54, 1.807) is 23.6 Å². The number of amides is 1. The second-order valence-corrected chi connectivity index (χ2v) is 8.16. The minimum absolute atomic E-state index is 0.00418. The maximum absolute atomic E-state index is 12.1. The molecule has 3 aliphatic heterocycles. The molecule has 7 heteroatoms. The molecule has 2 aromatic rings. The first-order chi connectivity index (χ1) is 11.3. The van der Waals surface area contributed by atoms with Crippen LogP contribution in [0.25, 0.3) is 10.3 Å². The van der Waals surface area contributed by atoms with E-state index in [4.69, 9.17) is 0 Å². The number of hydrogen-bond donors (Lipinski definition) is 1. The molecule has 0 aromatic carbocycles. The summed E-state index contributed by atoms with van der Waals surface area (Å²) in [7, 11) is 0. The van der Waals surface area contributed by atoms with Gasteiger partial charge in [0.2, 0.25) is 5.91 Å². The number of pyridine rings is 1. The van der Waals surface area contributed by atoms with Gasteiger partial charge in [-0.3, -0.25) is 4.79 Å². The van der Waals surface area contributed by atoms with Gasteiger partial charge in [-0.1, -0.05) is 11.8 Å². The number of piperidine rings is 3. The number of carbonyl (C=O) groups is 1. The molecular formula is C16H18N4OS2. The molecule has 1 unspecified atom stereocenters. The highest BCUT2D eigenvalue weighted by molar-refractivity contribution is 8.03. The zero-order chi connectivity index (χ0) is 15.6. The smallest absolute Gasteiger partial charge is 0.244 e. The Morgan fingerprint density at radius 1 is 1.43 bits per heavy atom. The molecule has 120 valence electrons. The molecule has 0 saturated carbocycles. The van der Waals surface area contributed by atoms with Crippen molar-refractivity contribution in [3.63, 3.8) is 0 Å². The van der Waals surface area contributed by atoms with Crippen LogP contribution in [0.15, 0.2) is 34.2 Å². The standard InChI is InChI=1S/C16H18N4OS2/c21-14(18-12-10-20-7-3-11(12)4-8-20)5-9-22-16-19-15-13(23-16)2-1-6-17-15/h1-2,5-6,9,11-12H,3-4,7-8,10H2,(H,18,21)/b9-5-. The lowest BCUT2D eigenvalue weighted by atomic mass is 9.84. The quantitative estimate of drug-likeness (QED) is 0.681. The summed E-state index contributed by atoms with van der Waals surface area (Å²) < 4.78 is 1.98. The van der Waals surface area contributed by atoms with Gasteiger partial charge in [0, 0.05) is 24.9 Å². The van der Waals surface area contributed by atoms with Crippen LogP contribution in [0.1, 0.15) is 12.8 Å². The number of thiazole rings is 1. The summed E-state index contributed by atoms with van der Waals surface area (Å²) in [6.45, 7) is 3.38. The number of rotatable bonds is 4. The van der Waals surface area contributed by atoms with Crippen molar-refractivity contribution < 1.29 is 4.79 Å². The Kier molecular flexibility index (Phi) is 4.33. The van der Waals surface area contributed by atoms with Gasteiger partial charge >= 0.3 is 0 Å². The van der Waals surface area contributed by atoms with Gasteiger partial charge in [0.05, 0.1) is 4.70 Å². The van der Waals surface area contributed by atoms with Crippen LogP contribution in [0.5, 0.6) is 0 Å². The molecule has 3 aliphatic rings.